The molecule has 31 heavy (non-hydrogen) atoms. The number of amides is 1. The zero-order valence-corrected chi connectivity index (χ0v) is 18.2. The average Bonchev–Trinajstić information content (AvgIpc) is 3.38. The van der Waals surface area contributed by atoms with Gasteiger partial charge in [0.05, 0.1) is 10.6 Å². The second-order valence-electron chi connectivity index (χ2n) is 7.18. The highest BCUT2D eigenvalue weighted by Gasteiger charge is 2.17. The highest BCUT2D eigenvalue weighted by molar-refractivity contribution is 7.17. The molecule has 1 aliphatic heterocycles. The van der Waals surface area contributed by atoms with Gasteiger partial charge in [0.25, 0.3) is 5.91 Å². The molecule has 0 saturated carbocycles. The van der Waals surface area contributed by atoms with E-state index < -0.39 is 6.10 Å². The Kier molecular flexibility index (Phi) is 5.90. The summed E-state index contributed by atoms with van der Waals surface area (Å²) < 4.78 is 16.4. The number of hydrogen-bond donors (Lipinski definition) is 1. The van der Waals surface area contributed by atoms with Crippen LogP contribution in [0, 0.1) is 6.92 Å². The zero-order chi connectivity index (χ0) is 22.0. The van der Waals surface area contributed by atoms with Crippen molar-refractivity contribution >= 4 is 23.0 Å². The first-order chi connectivity index (χ1) is 14.9. The zero-order valence-electron chi connectivity index (χ0n) is 17.4. The molecule has 3 aromatic rings. The van der Waals surface area contributed by atoms with Gasteiger partial charge in [-0.2, -0.15) is 0 Å². The van der Waals surface area contributed by atoms with Crippen LogP contribution in [-0.4, -0.2) is 29.6 Å². The molecule has 0 bridgehead atoms. The second kappa shape index (κ2) is 8.77. The van der Waals surface area contributed by atoms with Gasteiger partial charge in [0.15, 0.2) is 23.4 Å². The standard InChI is InChI=1S/C23H22N2O5S/c1-13-21(14(2)26)31-23(25-13)17-5-7-18(8-6-17)30-15(3)22(27)24-11-16-4-9-19-20(10-16)29-12-28-19/h4-10,15H,11-12H2,1-3H3,(H,24,27). The van der Waals surface area contributed by atoms with Gasteiger partial charge in [-0.1, -0.05) is 6.07 Å². The van der Waals surface area contributed by atoms with Crippen molar-refractivity contribution in [1.29, 1.82) is 0 Å². The molecule has 2 aromatic carbocycles. The number of Topliss-reactive ketones (excluding diaryl/α,β-unsaturated/α-hetero) is 1. The van der Waals surface area contributed by atoms with Gasteiger partial charge in [-0.15, -0.1) is 11.3 Å². The number of fused-ring (bicyclic) bond motifs is 1. The third kappa shape index (κ3) is 4.69. The van der Waals surface area contributed by atoms with Crippen LogP contribution in [0.1, 0.15) is 34.8 Å². The third-order valence-electron chi connectivity index (χ3n) is 4.80. The van der Waals surface area contributed by atoms with Gasteiger partial charge >= 0.3 is 0 Å². The minimum atomic E-state index is -0.661. The molecule has 1 amide bonds. The number of nitrogens with one attached hydrogen (secondary N) is 1. The number of ketones is 1. The van der Waals surface area contributed by atoms with Crippen LogP contribution in [0.2, 0.25) is 0 Å². The molecule has 1 unspecified atom stereocenters. The lowest BCUT2D eigenvalue weighted by molar-refractivity contribution is -0.127. The van der Waals surface area contributed by atoms with E-state index in [1.165, 1.54) is 11.3 Å². The first-order valence-corrected chi connectivity index (χ1v) is 10.6. The van der Waals surface area contributed by atoms with Crippen molar-refractivity contribution in [3.05, 3.63) is 58.6 Å². The Balaban J connectivity index is 1.33. The van der Waals surface area contributed by atoms with E-state index in [9.17, 15) is 9.59 Å². The fraction of sp³-hybridized carbons (Fsp3) is 0.261. The Morgan fingerprint density at radius 2 is 1.90 bits per heavy atom. The monoisotopic (exact) mass is 438 g/mol. The molecular formula is C23H22N2O5S. The summed E-state index contributed by atoms with van der Waals surface area (Å²) in [5.74, 6) is 1.77. The second-order valence-corrected chi connectivity index (χ2v) is 8.18. The Bertz CT molecular complexity index is 1120. The lowest BCUT2D eigenvalue weighted by atomic mass is 10.2. The highest BCUT2D eigenvalue weighted by Crippen LogP contribution is 2.32. The molecule has 0 saturated heterocycles. The summed E-state index contributed by atoms with van der Waals surface area (Å²) in [6, 6.07) is 12.9. The Hall–Kier alpha value is -3.39. The summed E-state index contributed by atoms with van der Waals surface area (Å²) in [4.78, 5) is 29.2. The molecule has 1 aliphatic rings. The number of aryl methyl sites for hydroxylation is 1. The molecule has 2 heterocycles. The van der Waals surface area contributed by atoms with Crippen molar-refractivity contribution in [2.24, 2.45) is 0 Å². The number of aromatic nitrogens is 1. The van der Waals surface area contributed by atoms with E-state index in [0.717, 1.165) is 21.8 Å². The van der Waals surface area contributed by atoms with Crippen LogP contribution in [0.4, 0.5) is 0 Å². The van der Waals surface area contributed by atoms with Crippen LogP contribution in [0.15, 0.2) is 42.5 Å². The fourth-order valence-corrected chi connectivity index (χ4v) is 4.13. The molecule has 8 heteroatoms. The maximum absolute atomic E-state index is 12.4. The molecule has 160 valence electrons. The van der Waals surface area contributed by atoms with Gasteiger partial charge in [-0.05, 0) is 55.8 Å². The van der Waals surface area contributed by atoms with E-state index in [0.29, 0.717) is 28.7 Å². The van der Waals surface area contributed by atoms with Crippen molar-refractivity contribution in [1.82, 2.24) is 10.3 Å². The SMILES string of the molecule is CC(=O)c1sc(-c2ccc(OC(C)C(=O)NCc3ccc4c(c3)OCO4)cc2)nc1C. The fourth-order valence-electron chi connectivity index (χ4n) is 3.16. The van der Waals surface area contributed by atoms with E-state index in [2.05, 4.69) is 10.3 Å². The van der Waals surface area contributed by atoms with Crippen molar-refractivity contribution in [3.8, 4) is 27.8 Å². The molecule has 1 N–H and O–H groups in total. The minimum absolute atomic E-state index is 0.0155. The van der Waals surface area contributed by atoms with E-state index >= 15 is 0 Å². The van der Waals surface area contributed by atoms with Crippen molar-refractivity contribution in [2.75, 3.05) is 6.79 Å². The molecule has 7 nitrogen and oxygen atoms in total. The van der Waals surface area contributed by atoms with Crippen LogP contribution in [0.25, 0.3) is 10.6 Å². The van der Waals surface area contributed by atoms with Gasteiger partial charge in [0.1, 0.15) is 10.8 Å². The van der Waals surface area contributed by atoms with Crippen molar-refractivity contribution in [3.63, 3.8) is 0 Å². The average molecular weight is 439 g/mol. The Morgan fingerprint density at radius 1 is 1.16 bits per heavy atom. The number of nitrogens with zero attached hydrogens (tertiary/aromatic N) is 1. The molecule has 0 aliphatic carbocycles. The first kappa shape index (κ1) is 20.9. The molecule has 1 aromatic heterocycles. The predicted octanol–water partition coefficient (Wildman–Crippen LogP) is 4.13. The number of carbonyl (C=O) groups is 2. The van der Waals surface area contributed by atoms with Crippen LogP contribution in [0.3, 0.4) is 0 Å². The molecule has 4 rings (SSSR count). The summed E-state index contributed by atoms with van der Waals surface area (Å²) in [5, 5.41) is 3.65. The number of ether oxygens (including phenoxy) is 3. The van der Waals surface area contributed by atoms with Crippen LogP contribution < -0.4 is 19.5 Å². The van der Waals surface area contributed by atoms with E-state index in [4.69, 9.17) is 14.2 Å². The maximum Gasteiger partial charge on any atom is 0.261 e. The first-order valence-electron chi connectivity index (χ1n) is 9.82. The van der Waals surface area contributed by atoms with E-state index in [-0.39, 0.29) is 18.5 Å². The summed E-state index contributed by atoms with van der Waals surface area (Å²) in [7, 11) is 0. The van der Waals surface area contributed by atoms with Gasteiger partial charge in [0.2, 0.25) is 6.79 Å². The quantitative estimate of drug-likeness (QED) is 0.558. The van der Waals surface area contributed by atoms with Crippen LogP contribution in [-0.2, 0) is 11.3 Å². The van der Waals surface area contributed by atoms with E-state index in [1.807, 2.05) is 37.3 Å². The minimum Gasteiger partial charge on any atom is -0.481 e. The van der Waals surface area contributed by atoms with Gasteiger partial charge in [-0.25, -0.2) is 4.98 Å². The predicted molar refractivity (Wildman–Crippen MR) is 117 cm³/mol. The molecule has 0 radical (unpaired) electrons. The summed E-state index contributed by atoms with van der Waals surface area (Å²) in [6.45, 7) is 5.66. The third-order valence-corrected chi connectivity index (χ3v) is 6.11. The van der Waals surface area contributed by atoms with Crippen molar-refractivity contribution in [2.45, 2.75) is 33.4 Å². The Morgan fingerprint density at radius 3 is 2.61 bits per heavy atom. The molecular weight excluding hydrogens is 416 g/mol. The molecule has 0 spiro atoms. The number of carbonyl (C=O) groups excluding carboxylic acids is 2. The lowest BCUT2D eigenvalue weighted by Crippen LogP contribution is -2.35. The van der Waals surface area contributed by atoms with Gasteiger partial charge < -0.3 is 19.5 Å². The number of thiazole rings is 1. The summed E-state index contributed by atoms with van der Waals surface area (Å²) >= 11 is 1.37. The van der Waals surface area contributed by atoms with Gasteiger partial charge in [0, 0.05) is 19.0 Å². The smallest absolute Gasteiger partial charge is 0.261 e. The molecule has 0 fully saturated rings. The number of rotatable bonds is 7. The summed E-state index contributed by atoms with van der Waals surface area (Å²) in [5.41, 5.74) is 2.55. The summed E-state index contributed by atoms with van der Waals surface area (Å²) in [6.07, 6.45) is -0.661. The maximum atomic E-state index is 12.4. The lowest BCUT2D eigenvalue weighted by Gasteiger charge is -2.15. The van der Waals surface area contributed by atoms with E-state index in [1.54, 1.807) is 26.0 Å². The van der Waals surface area contributed by atoms with Crippen molar-refractivity contribution < 1.29 is 23.8 Å². The number of benzene rings is 2. The topological polar surface area (TPSA) is 86.8 Å². The normalized spacial score (nSPS) is 13.0. The van der Waals surface area contributed by atoms with Crippen LogP contribution in [0.5, 0.6) is 17.2 Å². The number of hydrogen-bond acceptors (Lipinski definition) is 7. The Labute approximate surface area is 184 Å². The van der Waals surface area contributed by atoms with Crippen LogP contribution >= 0.6 is 11.3 Å². The largest absolute Gasteiger partial charge is 0.481 e. The molecule has 1 atom stereocenters. The highest BCUT2D eigenvalue weighted by atomic mass is 32.1. The van der Waals surface area contributed by atoms with Gasteiger partial charge in [-0.3, -0.25) is 9.59 Å².